The lowest BCUT2D eigenvalue weighted by molar-refractivity contribution is -0.117. The summed E-state index contributed by atoms with van der Waals surface area (Å²) < 4.78 is 37.4. The number of azo groups is 1. The van der Waals surface area contributed by atoms with Crippen LogP contribution in [-0.4, -0.2) is 17.8 Å². The highest BCUT2D eigenvalue weighted by Crippen LogP contribution is 2.10. The van der Waals surface area contributed by atoms with Gasteiger partial charge < -0.3 is 11.5 Å². The molecule has 1 aromatic carbocycles. The minimum Gasteiger partial charge on any atom is -0.385 e. The molecule has 1 unspecified atom stereocenters. The third-order valence-corrected chi connectivity index (χ3v) is 1.32. The molecule has 0 aromatic heterocycles. The quantitative estimate of drug-likeness (QED) is 0.417. The van der Waals surface area contributed by atoms with E-state index < -0.39 is 53.7 Å². The van der Waals surface area contributed by atoms with Crippen molar-refractivity contribution in [3.05, 3.63) is 30.2 Å². The Hall–Kier alpha value is -1.95. The Morgan fingerprint density at radius 3 is 2.38 bits per heavy atom. The van der Waals surface area contributed by atoms with Crippen LogP contribution in [0.5, 0.6) is 0 Å². The largest absolute Gasteiger partial charge is 0.385 e. The van der Waals surface area contributed by atoms with Crippen molar-refractivity contribution >= 4 is 29.8 Å². The van der Waals surface area contributed by atoms with Gasteiger partial charge in [0.1, 0.15) is 5.84 Å². The Labute approximate surface area is 106 Å². The lowest BCUT2D eigenvalue weighted by Gasteiger charge is -2.03. The molecule has 86 valence electrons. The average molecular weight is 247 g/mol. The number of carbonyl (C=O) groups excluding carboxylic acids is 1. The molecule has 1 rings (SSSR count). The molecule has 7 heteroatoms. The Bertz CT molecular complexity index is 580. The first-order valence-electron chi connectivity index (χ1n) is 6.29. The molecule has 0 heterocycles. The average Bonchev–Trinajstić information content (AvgIpc) is 2.37. The molecule has 1 aromatic rings. The van der Waals surface area contributed by atoms with Gasteiger partial charge in [-0.1, -0.05) is 18.1 Å². The van der Waals surface area contributed by atoms with Crippen molar-refractivity contribution < 1.29 is 11.6 Å². The summed E-state index contributed by atoms with van der Waals surface area (Å²) >= 11 is 0. The smallest absolute Gasteiger partial charge is 0.251 e. The fourth-order valence-corrected chi connectivity index (χ4v) is 0.681. The summed E-state index contributed by atoms with van der Waals surface area (Å²) in [6.45, 7) is 0. The van der Waals surface area contributed by atoms with Gasteiger partial charge in [-0.25, -0.2) is 0 Å². The van der Waals surface area contributed by atoms with Crippen LogP contribution < -0.4 is 11.5 Å². The molecular formula is C9H12ClN5O. The van der Waals surface area contributed by atoms with E-state index in [1.807, 2.05) is 0 Å². The fraction of sp³-hybridized carbons (Fsp3) is 0.111. The van der Waals surface area contributed by atoms with E-state index in [2.05, 4.69) is 10.2 Å². The topological polar surface area (TPSA) is 118 Å². The van der Waals surface area contributed by atoms with E-state index in [9.17, 15) is 4.79 Å². The number of primary amides is 1. The van der Waals surface area contributed by atoms with E-state index in [1.165, 1.54) is 0 Å². The van der Waals surface area contributed by atoms with Crippen LogP contribution in [0.25, 0.3) is 0 Å². The number of benzene rings is 1. The Morgan fingerprint density at radius 1 is 1.38 bits per heavy atom. The van der Waals surface area contributed by atoms with Crippen LogP contribution in [-0.2, 0) is 4.79 Å². The van der Waals surface area contributed by atoms with Gasteiger partial charge in [0.05, 0.1) is 12.5 Å². The van der Waals surface area contributed by atoms with Gasteiger partial charge in [0, 0.05) is 0 Å². The van der Waals surface area contributed by atoms with E-state index in [0.717, 1.165) is 0 Å². The molecule has 0 fully saturated rings. The Balaban J connectivity index is 0.00000400. The summed E-state index contributed by atoms with van der Waals surface area (Å²) in [6.07, 6.45) is 0. The van der Waals surface area contributed by atoms with Crippen molar-refractivity contribution in [2.24, 2.45) is 21.7 Å². The maximum Gasteiger partial charge on any atom is 0.251 e. The van der Waals surface area contributed by atoms with Crippen LogP contribution >= 0.6 is 12.4 Å². The first-order valence-corrected chi connectivity index (χ1v) is 3.79. The second-order valence-corrected chi connectivity index (χ2v) is 2.45. The van der Waals surface area contributed by atoms with E-state index in [0.29, 0.717) is 0 Å². The van der Waals surface area contributed by atoms with Crippen LogP contribution in [0.4, 0.5) is 5.69 Å². The predicted octanol–water partition coefficient (Wildman–Crippen LogP) is 0.982. The molecule has 0 radical (unpaired) electrons. The number of amides is 1. The van der Waals surface area contributed by atoms with E-state index in [-0.39, 0.29) is 12.4 Å². The van der Waals surface area contributed by atoms with Gasteiger partial charge >= 0.3 is 0 Å². The predicted molar refractivity (Wildman–Crippen MR) is 63.1 cm³/mol. The summed E-state index contributed by atoms with van der Waals surface area (Å²) in [6, 6.07) is -4.44. The Kier molecular flexibility index (Phi) is 2.99. The number of nitrogens with two attached hydrogens (primary N) is 2. The minimum absolute atomic E-state index is 0. The number of halogens is 1. The van der Waals surface area contributed by atoms with E-state index in [4.69, 9.17) is 23.7 Å². The third-order valence-electron chi connectivity index (χ3n) is 1.32. The summed E-state index contributed by atoms with van der Waals surface area (Å²) in [5, 5.41) is 13.9. The van der Waals surface area contributed by atoms with Crippen LogP contribution in [0.15, 0.2) is 40.4 Å². The number of hydrogen-bond acceptors (Lipinski definition) is 4. The first-order chi connectivity index (χ1) is 9.18. The zero-order chi connectivity index (χ0) is 15.6. The van der Waals surface area contributed by atoms with Gasteiger partial charge in [-0.05, 0) is 12.1 Å². The van der Waals surface area contributed by atoms with Crippen molar-refractivity contribution in [3.63, 3.8) is 0 Å². The summed E-state index contributed by atoms with van der Waals surface area (Å²) in [7, 11) is 0. The number of hydrogen-bond donors (Lipinski definition) is 3. The zero-order valence-corrected chi connectivity index (χ0v) is 8.76. The van der Waals surface area contributed by atoms with Crippen LogP contribution in [0.3, 0.4) is 0 Å². The second-order valence-electron chi connectivity index (χ2n) is 2.45. The number of rotatable bonds is 4. The highest BCUT2D eigenvalue weighted by atomic mass is 35.5. The zero-order valence-electron chi connectivity index (χ0n) is 12.9. The van der Waals surface area contributed by atoms with Gasteiger partial charge in [-0.3, -0.25) is 10.2 Å². The third kappa shape index (κ3) is 4.05. The molecule has 0 aliphatic heterocycles. The second kappa shape index (κ2) is 6.52. The maximum atomic E-state index is 11.0. The van der Waals surface area contributed by atoms with Crippen LogP contribution in [0.2, 0.25) is 0 Å². The molecule has 6 nitrogen and oxygen atoms in total. The van der Waals surface area contributed by atoms with Crippen molar-refractivity contribution in [2.45, 2.75) is 6.04 Å². The van der Waals surface area contributed by atoms with Crippen molar-refractivity contribution in [2.75, 3.05) is 0 Å². The van der Waals surface area contributed by atoms with Crippen LogP contribution in [0, 0.1) is 5.41 Å². The number of carbonyl (C=O) groups is 1. The summed E-state index contributed by atoms with van der Waals surface area (Å²) in [5.74, 6) is -1.69. The van der Waals surface area contributed by atoms with Gasteiger partial charge in [-0.15, -0.1) is 12.4 Å². The lowest BCUT2D eigenvalue weighted by atomic mass is 10.3. The molecule has 1 atom stereocenters. The number of amidine groups is 1. The fourth-order valence-electron chi connectivity index (χ4n) is 0.681. The number of nitrogens with one attached hydrogen (secondary N) is 1. The van der Waals surface area contributed by atoms with Gasteiger partial charge in [-0.2, -0.15) is 10.2 Å². The van der Waals surface area contributed by atoms with Gasteiger partial charge in [0.2, 0.25) is 6.04 Å². The van der Waals surface area contributed by atoms with Gasteiger partial charge in [0.25, 0.3) is 5.91 Å². The molecule has 0 saturated heterocycles. The molecule has 0 saturated carbocycles. The van der Waals surface area contributed by atoms with Gasteiger partial charge in [0.15, 0.2) is 0 Å². The number of nitrogens with zero attached hydrogens (tertiary/aromatic N) is 2. The molecule has 0 aliphatic carbocycles. The first kappa shape index (κ1) is 7.34. The molecule has 0 spiro atoms. The normalized spacial score (nSPS) is 16.1. The standard InChI is InChI=1S/C9H11N5O.ClH/c10-8(11)7(9(12)15)14-13-6-4-2-1-3-5-6;/h1-5,7H,(H3,10,11)(H2,12,15);1H/i1D,2D,3D,4D,5D;. The molecular weight excluding hydrogens is 230 g/mol. The summed E-state index contributed by atoms with van der Waals surface area (Å²) in [4.78, 5) is 11.0. The van der Waals surface area contributed by atoms with Crippen molar-refractivity contribution in [1.29, 1.82) is 5.41 Å². The molecule has 5 N–H and O–H groups in total. The SMILES string of the molecule is Cl.[2H]c1c([2H])c([2H])c(N=NC(C(=N)N)C(N)=O)c([2H])c1[2H]. The monoisotopic (exact) mass is 246 g/mol. The van der Waals surface area contributed by atoms with E-state index >= 15 is 0 Å². The Morgan fingerprint density at radius 2 is 1.94 bits per heavy atom. The molecule has 0 bridgehead atoms. The lowest BCUT2D eigenvalue weighted by Crippen LogP contribution is -2.38. The summed E-state index contributed by atoms with van der Waals surface area (Å²) in [5.41, 5.74) is 9.59. The molecule has 16 heavy (non-hydrogen) atoms. The van der Waals surface area contributed by atoms with Crippen molar-refractivity contribution in [1.82, 2.24) is 0 Å². The molecule has 1 amide bonds. The van der Waals surface area contributed by atoms with Crippen molar-refractivity contribution in [3.8, 4) is 0 Å². The van der Waals surface area contributed by atoms with Crippen LogP contribution in [0.1, 0.15) is 6.85 Å². The maximum absolute atomic E-state index is 11.0. The molecule has 0 aliphatic rings. The minimum atomic E-state index is -1.55. The van der Waals surface area contributed by atoms with E-state index in [1.54, 1.807) is 0 Å². The highest BCUT2D eigenvalue weighted by Gasteiger charge is 2.17. The highest BCUT2D eigenvalue weighted by molar-refractivity contribution is 6.04.